The number of carbonyl (C=O) groups excluding carboxylic acids is 1. The predicted molar refractivity (Wildman–Crippen MR) is 54.0 cm³/mol. The molecule has 2 rings (SSSR count). The molecule has 74 valence electrons. The van der Waals surface area contributed by atoms with Crippen molar-refractivity contribution in [3.8, 4) is 0 Å². The fourth-order valence-electron chi connectivity index (χ4n) is 1.31. The molecule has 14 heavy (non-hydrogen) atoms. The van der Waals surface area contributed by atoms with Crippen molar-refractivity contribution in [2.24, 2.45) is 5.92 Å². The highest BCUT2D eigenvalue weighted by Crippen LogP contribution is 2.09. The number of aryl methyl sites for hydroxylation is 1. The summed E-state index contributed by atoms with van der Waals surface area (Å²) >= 11 is 0. The lowest BCUT2D eigenvalue weighted by Gasteiger charge is -2.25. The van der Waals surface area contributed by atoms with Gasteiger partial charge in [-0.1, -0.05) is 0 Å². The van der Waals surface area contributed by atoms with E-state index >= 15 is 0 Å². The molecular weight excluding hydrogens is 178 g/mol. The first-order valence-corrected chi connectivity index (χ1v) is 4.70. The van der Waals surface area contributed by atoms with Crippen LogP contribution < -0.4 is 10.6 Å². The zero-order chi connectivity index (χ0) is 9.97. The van der Waals surface area contributed by atoms with Crippen LogP contribution in [0.1, 0.15) is 5.56 Å². The van der Waals surface area contributed by atoms with E-state index in [1.54, 1.807) is 6.20 Å². The molecule has 1 saturated heterocycles. The van der Waals surface area contributed by atoms with Crippen molar-refractivity contribution in [3.63, 3.8) is 0 Å². The summed E-state index contributed by atoms with van der Waals surface area (Å²) < 4.78 is 0. The highest BCUT2D eigenvalue weighted by molar-refractivity contribution is 5.92. The lowest BCUT2D eigenvalue weighted by molar-refractivity contribution is -0.121. The first-order valence-electron chi connectivity index (χ1n) is 4.70. The van der Waals surface area contributed by atoms with Gasteiger partial charge in [-0.3, -0.25) is 4.79 Å². The number of nitrogens with zero attached hydrogens (tertiary/aromatic N) is 1. The van der Waals surface area contributed by atoms with Gasteiger partial charge in [0.05, 0.1) is 5.92 Å². The number of hydrogen-bond acceptors (Lipinski definition) is 3. The lowest BCUT2D eigenvalue weighted by Crippen LogP contribution is -2.48. The van der Waals surface area contributed by atoms with Gasteiger partial charge in [0.15, 0.2) is 0 Å². The molecule has 0 radical (unpaired) electrons. The Hall–Kier alpha value is -1.42. The summed E-state index contributed by atoms with van der Waals surface area (Å²) in [5.74, 6) is 0.807. The number of anilines is 1. The minimum absolute atomic E-state index is 0.0573. The van der Waals surface area contributed by atoms with Crippen molar-refractivity contribution < 1.29 is 4.79 Å². The van der Waals surface area contributed by atoms with Gasteiger partial charge in [-0.05, 0) is 24.6 Å². The number of rotatable bonds is 2. The predicted octanol–water partition coefficient (Wildman–Crippen LogP) is 0.548. The van der Waals surface area contributed by atoms with Crippen LogP contribution in [-0.4, -0.2) is 24.0 Å². The maximum Gasteiger partial charge on any atom is 0.231 e. The minimum atomic E-state index is 0.0573. The normalized spacial score (nSPS) is 16.1. The van der Waals surface area contributed by atoms with E-state index in [2.05, 4.69) is 15.6 Å². The second-order valence-electron chi connectivity index (χ2n) is 3.56. The summed E-state index contributed by atoms with van der Waals surface area (Å²) in [6.45, 7) is 3.53. The molecule has 1 aromatic heterocycles. The Morgan fingerprint density at radius 3 is 3.00 bits per heavy atom. The number of carbonyl (C=O) groups is 1. The van der Waals surface area contributed by atoms with E-state index in [4.69, 9.17) is 0 Å². The fourth-order valence-corrected chi connectivity index (χ4v) is 1.31. The van der Waals surface area contributed by atoms with Crippen LogP contribution in [-0.2, 0) is 4.79 Å². The maximum absolute atomic E-state index is 11.5. The van der Waals surface area contributed by atoms with Gasteiger partial charge >= 0.3 is 0 Å². The van der Waals surface area contributed by atoms with Crippen molar-refractivity contribution in [2.45, 2.75) is 6.92 Å². The van der Waals surface area contributed by atoms with E-state index in [1.165, 1.54) is 0 Å². The van der Waals surface area contributed by atoms with Crippen molar-refractivity contribution >= 4 is 11.7 Å². The molecule has 0 saturated carbocycles. The highest BCUT2D eigenvalue weighted by Gasteiger charge is 2.24. The molecule has 2 heterocycles. The molecule has 1 aliphatic rings. The first-order chi connectivity index (χ1) is 6.75. The number of aromatic nitrogens is 1. The average Bonchev–Trinajstić information content (AvgIpc) is 1.99. The Kier molecular flexibility index (Phi) is 2.45. The average molecular weight is 191 g/mol. The van der Waals surface area contributed by atoms with Crippen molar-refractivity contribution in [1.29, 1.82) is 0 Å². The Balaban J connectivity index is 1.99. The Morgan fingerprint density at radius 1 is 1.64 bits per heavy atom. The van der Waals surface area contributed by atoms with Crippen LogP contribution in [0, 0.1) is 12.8 Å². The Morgan fingerprint density at radius 2 is 2.43 bits per heavy atom. The summed E-state index contributed by atoms with van der Waals surface area (Å²) in [5.41, 5.74) is 1.10. The van der Waals surface area contributed by atoms with Crippen molar-refractivity contribution in [3.05, 3.63) is 23.9 Å². The largest absolute Gasteiger partial charge is 0.315 e. The molecule has 0 unspecified atom stereocenters. The van der Waals surface area contributed by atoms with Crippen LogP contribution in [0.5, 0.6) is 0 Å². The zero-order valence-electron chi connectivity index (χ0n) is 8.08. The minimum Gasteiger partial charge on any atom is -0.315 e. The fraction of sp³-hybridized carbons (Fsp3) is 0.400. The third kappa shape index (κ3) is 1.90. The van der Waals surface area contributed by atoms with Gasteiger partial charge < -0.3 is 10.6 Å². The topological polar surface area (TPSA) is 54.0 Å². The van der Waals surface area contributed by atoms with E-state index in [9.17, 15) is 4.79 Å². The molecule has 4 nitrogen and oxygen atoms in total. The number of nitrogens with one attached hydrogen (secondary N) is 2. The molecule has 1 aliphatic heterocycles. The summed E-state index contributed by atoms with van der Waals surface area (Å²) in [6.07, 6.45) is 1.70. The van der Waals surface area contributed by atoms with E-state index in [0.717, 1.165) is 18.7 Å². The summed E-state index contributed by atoms with van der Waals surface area (Å²) in [4.78, 5) is 15.6. The SMILES string of the molecule is Cc1ccnc(NC(=O)C2CNC2)c1. The molecular formula is C10H13N3O. The Bertz CT molecular complexity index is 347. The van der Waals surface area contributed by atoms with Crippen LogP contribution in [0.2, 0.25) is 0 Å². The van der Waals surface area contributed by atoms with E-state index in [-0.39, 0.29) is 11.8 Å². The van der Waals surface area contributed by atoms with Crippen LogP contribution in [0.15, 0.2) is 18.3 Å². The summed E-state index contributed by atoms with van der Waals surface area (Å²) in [7, 11) is 0. The molecule has 0 aliphatic carbocycles. The van der Waals surface area contributed by atoms with Gasteiger partial charge in [-0.2, -0.15) is 0 Å². The monoisotopic (exact) mass is 191 g/mol. The van der Waals surface area contributed by atoms with E-state index < -0.39 is 0 Å². The van der Waals surface area contributed by atoms with E-state index in [0.29, 0.717) is 5.82 Å². The Labute approximate surface area is 82.7 Å². The molecule has 2 N–H and O–H groups in total. The first kappa shape index (κ1) is 9.15. The molecule has 1 amide bonds. The molecule has 0 bridgehead atoms. The van der Waals surface area contributed by atoms with Crippen LogP contribution >= 0.6 is 0 Å². The standard InChI is InChI=1S/C10H13N3O/c1-7-2-3-12-9(4-7)13-10(14)8-5-11-6-8/h2-4,8,11H,5-6H2,1H3,(H,12,13,14). The molecule has 4 heteroatoms. The van der Waals surface area contributed by atoms with Crippen LogP contribution in [0.25, 0.3) is 0 Å². The maximum atomic E-state index is 11.5. The second-order valence-corrected chi connectivity index (χ2v) is 3.56. The molecule has 0 aromatic carbocycles. The molecule has 1 fully saturated rings. The molecule has 0 atom stereocenters. The molecule has 1 aromatic rings. The van der Waals surface area contributed by atoms with Gasteiger partial charge in [0.1, 0.15) is 5.82 Å². The van der Waals surface area contributed by atoms with Crippen molar-refractivity contribution in [1.82, 2.24) is 10.3 Å². The summed E-state index contributed by atoms with van der Waals surface area (Å²) in [5, 5.41) is 5.85. The van der Waals surface area contributed by atoms with E-state index in [1.807, 2.05) is 19.1 Å². The number of amides is 1. The third-order valence-electron chi connectivity index (χ3n) is 2.32. The van der Waals surface area contributed by atoms with Crippen LogP contribution in [0.3, 0.4) is 0 Å². The lowest BCUT2D eigenvalue weighted by atomic mass is 10.0. The number of hydrogen-bond donors (Lipinski definition) is 2. The molecule has 0 spiro atoms. The smallest absolute Gasteiger partial charge is 0.231 e. The van der Waals surface area contributed by atoms with Gasteiger partial charge in [0.2, 0.25) is 5.91 Å². The van der Waals surface area contributed by atoms with Crippen molar-refractivity contribution in [2.75, 3.05) is 18.4 Å². The highest BCUT2D eigenvalue weighted by atomic mass is 16.2. The van der Waals surface area contributed by atoms with Gasteiger partial charge in [-0.25, -0.2) is 4.98 Å². The second kappa shape index (κ2) is 3.75. The quantitative estimate of drug-likeness (QED) is 0.717. The van der Waals surface area contributed by atoms with Gasteiger partial charge in [-0.15, -0.1) is 0 Å². The number of pyridine rings is 1. The third-order valence-corrected chi connectivity index (χ3v) is 2.32. The zero-order valence-corrected chi connectivity index (χ0v) is 8.08. The van der Waals surface area contributed by atoms with Gasteiger partial charge in [0, 0.05) is 19.3 Å². The van der Waals surface area contributed by atoms with Crippen LogP contribution in [0.4, 0.5) is 5.82 Å². The summed E-state index contributed by atoms with van der Waals surface area (Å²) in [6, 6.07) is 3.77. The van der Waals surface area contributed by atoms with Gasteiger partial charge in [0.25, 0.3) is 0 Å².